The van der Waals surface area contributed by atoms with Gasteiger partial charge in [0.2, 0.25) is 0 Å². The molecular formula is C14H11N3OS. The number of nitrogens with zero attached hydrogens (tertiary/aromatic N) is 3. The normalized spacial score (nSPS) is 24.8. The zero-order valence-corrected chi connectivity index (χ0v) is 10.9. The lowest BCUT2D eigenvalue weighted by Gasteiger charge is -2.31. The zero-order chi connectivity index (χ0) is 12.9. The first kappa shape index (κ1) is 11.0. The third-order valence-electron chi connectivity index (χ3n) is 3.64. The van der Waals surface area contributed by atoms with Crippen LogP contribution in [0.15, 0.2) is 47.7 Å². The van der Waals surface area contributed by atoms with E-state index in [4.69, 9.17) is 0 Å². The Morgan fingerprint density at radius 2 is 2.11 bits per heavy atom. The molecule has 4 rings (SSSR count). The summed E-state index contributed by atoms with van der Waals surface area (Å²) in [5, 5.41) is 0. The lowest BCUT2D eigenvalue weighted by molar-refractivity contribution is 0.249. The monoisotopic (exact) mass is 269 g/mol. The number of rotatable bonds is 1. The average molecular weight is 269 g/mol. The molecule has 19 heavy (non-hydrogen) atoms. The molecule has 1 aromatic heterocycles. The molecule has 94 valence electrons. The van der Waals surface area contributed by atoms with E-state index in [1.54, 1.807) is 17.0 Å². The summed E-state index contributed by atoms with van der Waals surface area (Å²) in [6, 6.07) is 9.98. The van der Waals surface area contributed by atoms with Gasteiger partial charge in [0, 0.05) is 18.1 Å². The standard InChI is InChI=1S/C14H11N3OS/c18-13-16-11-6-9-19-14(11,10-4-2-1-3-5-10)12-15-7-8-17(12)13/h1-5,7-8H,6,9H2. The van der Waals surface area contributed by atoms with Crippen molar-refractivity contribution < 1.29 is 4.79 Å². The van der Waals surface area contributed by atoms with Crippen LogP contribution in [0.3, 0.4) is 0 Å². The summed E-state index contributed by atoms with van der Waals surface area (Å²) in [5.41, 5.74) is 2.09. The molecule has 2 aliphatic heterocycles. The first-order valence-electron chi connectivity index (χ1n) is 6.18. The Morgan fingerprint density at radius 1 is 1.26 bits per heavy atom. The minimum absolute atomic E-state index is 0.225. The Bertz CT molecular complexity index is 692. The molecule has 1 unspecified atom stereocenters. The number of thioether (sulfide) groups is 1. The fourth-order valence-corrected chi connectivity index (χ4v) is 4.33. The van der Waals surface area contributed by atoms with Crippen molar-refractivity contribution in [2.75, 3.05) is 5.75 Å². The summed E-state index contributed by atoms with van der Waals surface area (Å²) < 4.78 is 1.19. The van der Waals surface area contributed by atoms with Crippen molar-refractivity contribution in [2.24, 2.45) is 4.99 Å². The molecule has 0 aliphatic carbocycles. The number of benzene rings is 1. The Labute approximate surface area is 114 Å². The summed E-state index contributed by atoms with van der Waals surface area (Å²) in [6.45, 7) is 0. The van der Waals surface area contributed by atoms with E-state index in [1.807, 2.05) is 30.0 Å². The van der Waals surface area contributed by atoms with Crippen LogP contribution < -0.4 is 0 Å². The van der Waals surface area contributed by atoms with Crippen LogP contribution in [0.5, 0.6) is 0 Å². The number of carbonyl (C=O) groups excluding carboxylic acids is 1. The molecular weight excluding hydrogens is 258 g/mol. The van der Waals surface area contributed by atoms with Crippen molar-refractivity contribution in [3.8, 4) is 0 Å². The first-order valence-corrected chi connectivity index (χ1v) is 7.16. The van der Waals surface area contributed by atoms with Gasteiger partial charge in [-0.25, -0.2) is 9.78 Å². The number of aromatic nitrogens is 2. The number of carbonyl (C=O) groups is 1. The topological polar surface area (TPSA) is 47.2 Å². The highest BCUT2D eigenvalue weighted by molar-refractivity contribution is 8.01. The van der Waals surface area contributed by atoms with Crippen LogP contribution in [0, 0.1) is 0 Å². The van der Waals surface area contributed by atoms with E-state index in [9.17, 15) is 4.79 Å². The predicted molar refractivity (Wildman–Crippen MR) is 74.8 cm³/mol. The van der Waals surface area contributed by atoms with Gasteiger partial charge in [-0.1, -0.05) is 30.3 Å². The summed E-state index contributed by atoms with van der Waals surface area (Å²) in [6.07, 6.45) is 4.22. The number of hydrogen-bond donors (Lipinski definition) is 0. The van der Waals surface area contributed by atoms with Gasteiger partial charge in [-0.3, -0.25) is 4.57 Å². The van der Waals surface area contributed by atoms with Gasteiger partial charge in [-0.2, -0.15) is 4.99 Å². The van der Waals surface area contributed by atoms with Crippen molar-refractivity contribution in [1.82, 2.24) is 9.55 Å². The molecule has 1 atom stereocenters. The van der Waals surface area contributed by atoms with E-state index in [0.29, 0.717) is 0 Å². The predicted octanol–water partition coefficient (Wildman–Crippen LogP) is 2.69. The van der Waals surface area contributed by atoms with Crippen LogP contribution in [0.4, 0.5) is 4.79 Å². The summed E-state index contributed by atoms with van der Waals surface area (Å²) >= 11 is 1.81. The molecule has 1 saturated heterocycles. The molecule has 2 aliphatic rings. The molecule has 0 bridgehead atoms. The SMILES string of the molecule is O=C1N=C2CCSC2(c2ccccc2)c2nccn21. The van der Waals surface area contributed by atoms with Crippen molar-refractivity contribution in [3.63, 3.8) is 0 Å². The zero-order valence-electron chi connectivity index (χ0n) is 10.1. The molecule has 0 N–H and O–H groups in total. The fourth-order valence-electron chi connectivity index (χ4n) is 2.83. The largest absolute Gasteiger partial charge is 0.353 e. The molecule has 3 heterocycles. The maximum Gasteiger partial charge on any atom is 0.353 e. The number of amides is 1. The summed E-state index contributed by atoms with van der Waals surface area (Å²) in [5.74, 6) is 1.75. The van der Waals surface area contributed by atoms with Crippen LogP contribution in [0.25, 0.3) is 0 Å². The fraction of sp³-hybridized carbons (Fsp3) is 0.214. The maximum absolute atomic E-state index is 12.0. The van der Waals surface area contributed by atoms with Crippen molar-refractivity contribution in [3.05, 3.63) is 54.1 Å². The number of hydrogen-bond acceptors (Lipinski definition) is 3. The quantitative estimate of drug-likeness (QED) is 0.799. The molecule has 1 amide bonds. The second kappa shape index (κ2) is 3.81. The lowest BCUT2D eigenvalue weighted by atomic mass is 9.90. The number of imidazole rings is 1. The Hall–Kier alpha value is -1.88. The Balaban J connectivity index is 2.04. The smallest absolute Gasteiger partial charge is 0.252 e. The van der Waals surface area contributed by atoms with Gasteiger partial charge in [0.1, 0.15) is 10.6 Å². The molecule has 0 radical (unpaired) electrons. The summed E-state index contributed by atoms with van der Waals surface area (Å²) in [7, 11) is 0. The molecule has 4 nitrogen and oxygen atoms in total. The average Bonchev–Trinajstić information content (AvgIpc) is 3.06. The highest BCUT2D eigenvalue weighted by Crippen LogP contribution is 2.50. The van der Waals surface area contributed by atoms with Crippen LogP contribution in [-0.2, 0) is 4.75 Å². The highest BCUT2D eigenvalue weighted by Gasteiger charge is 2.50. The van der Waals surface area contributed by atoms with Gasteiger partial charge < -0.3 is 0 Å². The molecule has 0 saturated carbocycles. The van der Waals surface area contributed by atoms with E-state index in [2.05, 4.69) is 22.1 Å². The number of aliphatic imine (C=N–C) groups is 1. The molecule has 0 spiro atoms. The second-order valence-electron chi connectivity index (χ2n) is 4.61. The van der Waals surface area contributed by atoms with Crippen molar-refractivity contribution in [2.45, 2.75) is 11.2 Å². The van der Waals surface area contributed by atoms with Crippen LogP contribution in [0.1, 0.15) is 17.8 Å². The third kappa shape index (κ3) is 1.33. The first-order chi connectivity index (χ1) is 9.32. The number of fused-ring (bicyclic) bond motifs is 3. The minimum atomic E-state index is -0.376. The van der Waals surface area contributed by atoms with Gasteiger partial charge >= 0.3 is 6.03 Å². The van der Waals surface area contributed by atoms with Gasteiger partial charge in [0.25, 0.3) is 0 Å². The van der Waals surface area contributed by atoms with Crippen LogP contribution >= 0.6 is 11.8 Å². The molecule has 1 aromatic carbocycles. The summed E-state index contributed by atoms with van der Waals surface area (Å²) in [4.78, 5) is 20.7. The van der Waals surface area contributed by atoms with Crippen LogP contribution in [-0.4, -0.2) is 27.0 Å². The second-order valence-corrected chi connectivity index (χ2v) is 5.92. The molecule has 2 aromatic rings. The minimum Gasteiger partial charge on any atom is -0.252 e. The molecule has 5 heteroatoms. The van der Waals surface area contributed by atoms with E-state index in [-0.39, 0.29) is 10.8 Å². The van der Waals surface area contributed by atoms with Crippen LogP contribution in [0.2, 0.25) is 0 Å². The van der Waals surface area contributed by atoms with E-state index >= 15 is 0 Å². The Morgan fingerprint density at radius 3 is 2.95 bits per heavy atom. The van der Waals surface area contributed by atoms with Crippen molar-refractivity contribution in [1.29, 1.82) is 0 Å². The Kier molecular flexibility index (Phi) is 2.20. The lowest BCUT2D eigenvalue weighted by Crippen LogP contribution is -2.38. The van der Waals surface area contributed by atoms with E-state index in [1.165, 1.54) is 0 Å². The maximum atomic E-state index is 12.0. The van der Waals surface area contributed by atoms with Crippen molar-refractivity contribution >= 4 is 23.5 Å². The van der Waals surface area contributed by atoms with Gasteiger partial charge in [-0.05, 0) is 12.0 Å². The molecule has 1 fully saturated rings. The van der Waals surface area contributed by atoms with Gasteiger partial charge in [-0.15, -0.1) is 11.8 Å². The van der Waals surface area contributed by atoms with E-state index < -0.39 is 0 Å². The van der Waals surface area contributed by atoms with Gasteiger partial charge in [0.05, 0.1) is 5.71 Å². The van der Waals surface area contributed by atoms with E-state index in [0.717, 1.165) is 29.3 Å². The third-order valence-corrected chi connectivity index (χ3v) is 5.13. The highest BCUT2D eigenvalue weighted by atomic mass is 32.2. The van der Waals surface area contributed by atoms with Gasteiger partial charge in [0.15, 0.2) is 0 Å².